The highest BCUT2D eigenvalue weighted by molar-refractivity contribution is 7.94. The van der Waals surface area contributed by atoms with Gasteiger partial charge in [-0.2, -0.15) is 0 Å². The van der Waals surface area contributed by atoms with Crippen LogP contribution in [0.3, 0.4) is 0 Å². The van der Waals surface area contributed by atoms with Crippen LogP contribution in [0, 0.1) is 17.2 Å². The average Bonchev–Trinajstić information content (AvgIpc) is 3.49. The maximum absolute atomic E-state index is 14.0. The second kappa shape index (κ2) is 8.15. The molecule has 3 rings (SSSR count). The summed E-state index contributed by atoms with van der Waals surface area (Å²) in [6.07, 6.45) is 5.40. The molecule has 2 saturated carbocycles. The van der Waals surface area contributed by atoms with Gasteiger partial charge in [-0.1, -0.05) is 26.8 Å². The highest BCUT2D eigenvalue weighted by Crippen LogP contribution is 2.50. The van der Waals surface area contributed by atoms with Crippen LogP contribution in [0.4, 0.5) is 4.39 Å². The lowest BCUT2D eigenvalue weighted by atomic mass is 9.98. The molecule has 2 aliphatic rings. The molecule has 0 radical (unpaired) electrons. The van der Waals surface area contributed by atoms with E-state index in [1.165, 1.54) is 11.5 Å². The molecule has 0 unspecified atom stereocenters. The van der Waals surface area contributed by atoms with Gasteiger partial charge in [-0.15, -0.1) is 0 Å². The minimum absolute atomic E-state index is 0.0312. The van der Waals surface area contributed by atoms with E-state index in [2.05, 4.69) is 20.8 Å². The second-order valence-electron chi connectivity index (χ2n) is 9.43. The van der Waals surface area contributed by atoms with Gasteiger partial charge >= 0.3 is 0 Å². The standard InChI is InChI=1S/C22H31FO4S/c1-21(2,3)15-26-11-4-12-28(24,25)16-22(9-10-22)18-7-8-19(23)20(13-18)27-14-17-5-6-17/h4,7-8,12-13,17H,5-6,9-11,14-16H2,1-3H3/b12-4+. The highest BCUT2D eigenvalue weighted by Gasteiger charge is 2.47. The molecule has 4 nitrogen and oxygen atoms in total. The van der Waals surface area contributed by atoms with Crippen molar-refractivity contribution < 1.29 is 22.3 Å². The van der Waals surface area contributed by atoms with Crippen LogP contribution in [0.25, 0.3) is 0 Å². The maximum atomic E-state index is 14.0. The SMILES string of the molecule is CC(C)(C)COC/C=C/S(=O)(=O)CC1(c2ccc(F)c(OCC3CC3)c2)CC1. The summed E-state index contributed by atoms with van der Waals surface area (Å²) in [6, 6.07) is 4.77. The molecule has 1 aromatic carbocycles. The number of halogens is 1. The maximum Gasteiger partial charge on any atom is 0.172 e. The van der Waals surface area contributed by atoms with Crippen molar-refractivity contribution in [2.24, 2.45) is 11.3 Å². The van der Waals surface area contributed by atoms with Crippen LogP contribution in [-0.4, -0.2) is 34.0 Å². The minimum Gasteiger partial charge on any atom is -0.490 e. The Hall–Kier alpha value is -1.40. The molecule has 1 aromatic rings. The Labute approximate surface area is 168 Å². The first-order chi connectivity index (χ1) is 13.1. The van der Waals surface area contributed by atoms with Gasteiger partial charge in [0.1, 0.15) is 0 Å². The van der Waals surface area contributed by atoms with Crippen molar-refractivity contribution in [2.45, 2.75) is 51.9 Å². The topological polar surface area (TPSA) is 52.6 Å². The van der Waals surface area contributed by atoms with E-state index in [0.717, 1.165) is 31.2 Å². The fraction of sp³-hybridized carbons (Fsp3) is 0.636. The van der Waals surface area contributed by atoms with E-state index in [-0.39, 0.29) is 29.3 Å². The first-order valence-electron chi connectivity index (χ1n) is 9.99. The molecule has 0 heterocycles. The molecular weight excluding hydrogens is 379 g/mol. The number of sulfone groups is 1. The number of hydrogen-bond donors (Lipinski definition) is 0. The molecule has 2 fully saturated rings. The van der Waals surface area contributed by atoms with E-state index >= 15 is 0 Å². The molecule has 0 atom stereocenters. The molecule has 0 bridgehead atoms. The summed E-state index contributed by atoms with van der Waals surface area (Å²) in [5.74, 6) is 0.408. The van der Waals surface area contributed by atoms with Gasteiger partial charge in [0.25, 0.3) is 0 Å². The third kappa shape index (κ3) is 6.31. The Kier molecular flexibility index (Phi) is 6.20. The quantitative estimate of drug-likeness (QED) is 0.528. The van der Waals surface area contributed by atoms with Gasteiger partial charge in [0.15, 0.2) is 21.4 Å². The normalized spacial score (nSPS) is 19.1. The molecule has 0 N–H and O–H groups in total. The number of benzene rings is 1. The monoisotopic (exact) mass is 410 g/mol. The molecular formula is C22H31FO4S. The van der Waals surface area contributed by atoms with Crippen LogP contribution in [-0.2, 0) is 20.0 Å². The zero-order valence-electron chi connectivity index (χ0n) is 17.0. The zero-order valence-corrected chi connectivity index (χ0v) is 17.9. The van der Waals surface area contributed by atoms with Crippen LogP contribution in [0.15, 0.2) is 29.7 Å². The predicted octanol–water partition coefficient (Wildman–Crippen LogP) is 4.64. The van der Waals surface area contributed by atoms with Crippen LogP contribution in [0.1, 0.15) is 52.0 Å². The fourth-order valence-corrected chi connectivity index (χ4v) is 4.85. The molecule has 0 amide bonds. The summed E-state index contributed by atoms with van der Waals surface area (Å²) in [5.41, 5.74) is 0.466. The van der Waals surface area contributed by atoms with E-state index in [0.29, 0.717) is 19.1 Å². The minimum atomic E-state index is -3.37. The summed E-state index contributed by atoms with van der Waals surface area (Å²) < 4.78 is 50.2. The average molecular weight is 411 g/mol. The van der Waals surface area contributed by atoms with Crippen LogP contribution < -0.4 is 4.74 Å². The Morgan fingerprint density at radius 3 is 2.57 bits per heavy atom. The van der Waals surface area contributed by atoms with E-state index in [1.807, 2.05) is 0 Å². The van der Waals surface area contributed by atoms with Crippen molar-refractivity contribution in [1.82, 2.24) is 0 Å². The van der Waals surface area contributed by atoms with Gasteiger partial charge in [0.05, 0.1) is 25.6 Å². The first-order valence-corrected chi connectivity index (χ1v) is 11.7. The Balaban J connectivity index is 1.60. The largest absolute Gasteiger partial charge is 0.490 e. The molecule has 0 aromatic heterocycles. The fourth-order valence-electron chi connectivity index (χ4n) is 3.16. The molecule has 0 saturated heterocycles. The Morgan fingerprint density at radius 2 is 1.96 bits per heavy atom. The number of rotatable bonds is 10. The van der Waals surface area contributed by atoms with Crippen LogP contribution in [0.5, 0.6) is 5.75 Å². The molecule has 2 aliphatic carbocycles. The van der Waals surface area contributed by atoms with Crippen molar-refractivity contribution in [3.63, 3.8) is 0 Å². The van der Waals surface area contributed by atoms with E-state index < -0.39 is 15.3 Å². The lowest BCUT2D eigenvalue weighted by molar-refractivity contribution is 0.0910. The Bertz CT molecular complexity index is 815. The van der Waals surface area contributed by atoms with Crippen molar-refractivity contribution >= 4 is 9.84 Å². The molecule has 156 valence electrons. The van der Waals surface area contributed by atoms with Gasteiger partial charge in [-0.25, -0.2) is 12.8 Å². The number of hydrogen-bond acceptors (Lipinski definition) is 4. The van der Waals surface area contributed by atoms with Crippen molar-refractivity contribution in [2.75, 3.05) is 25.6 Å². The third-order valence-corrected chi connectivity index (χ3v) is 6.66. The van der Waals surface area contributed by atoms with Crippen molar-refractivity contribution in [1.29, 1.82) is 0 Å². The second-order valence-corrected chi connectivity index (χ2v) is 11.3. The van der Waals surface area contributed by atoms with E-state index in [9.17, 15) is 12.8 Å². The lowest BCUT2D eigenvalue weighted by Gasteiger charge is -2.17. The van der Waals surface area contributed by atoms with Gasteiger partial charge < -0.3 is 9.47 Å². The predicted molar refractivity (Wildman–Crippen MR) is 109 cm³/mol. The summed E-state index contributed by atoms with van der Waals surface area (Å²) in [7, 11) is -3.37. The molecule has 0 aliphatic heterocycles. The molecule has 28 heavy (non-hydrogen) atoms. The highest BCUT2D eigenvalue weighted by atomic mass is 32.2. The van der Waals surface area contributed by atoms with Gasteiger partial charge in [0, 0.05) is 10.8 Å². The van der Waals surface area contributed by atoms with Crippen molar-refractivity contribution in [3.05, 3.63) is 41.1 Å². The summed E-state index contributed by atoms with van der Waals surface area (Å²) >= 11 is 0. The first kappa shape index (κ1) is 21.3. The van der Waals surface area contributed by atoms with Gasteiger partial charge in [-0.05, 0) is 60.8 Å². The van der Waals surface area contributed by atoms with Crippen LogP contribution >= 0.6 is 0 Å². The Morgan fingerprint density at radius 1 is 1.25 bits per heavy atom. The van der Waals surface area contributed by atoms with Crippen LogP contribution in [0.2, 0.25) is 0 Å². The van der Waals surface area contributed by atoms with E-state index in [4.69, 9.17) is 9.47 Å². The molecule has 6 heteroatoms. The van der Waals surface area contributed by atoms with Crippen molar-refractivity contribution in [3.8, 4) is 5.75 Å². The van der Waals surface area contributed by atoms with Gasteiger partial charge in [-0.3, -0.25) is 0 Å². The molecule has 0 spiro atoms. The number of ether oxygens (including phenoxy) is 2. The van der Waals surface area contributed by atoms with E-state index in [1.54, 1.807) is 18.2 Å². The van der Waals surface area contributed by atoms with Gasteiger partial charge in [0.2, 0.25) is 0 Å². The lowest BCUT2D eigenvalue weighted by Crippen LogP contribution is -2.20. The zero-order chi connectivity index (χ0) is 20.4. The summed E-state index contributed by atoms with van der Waals surface area (Å²) in [6.45, 7) is 7.57. The summed E-state index contributed by atoms with van der Waals surface area (Å²) in [5, 5.41) is 1.25. The summed E-state index contributed by atoms with van der Waals surface area (Å²) in [4.78, 5) is 0. The third-order valence-electron chi connectivity index (χ3n) is 5.10. The smallest absolute Gasteiger partial charge is 0.172 e.